The maximum absolute atomic E-state index is 11.2. The number of aromatic carboxylic acids is 1. The van der Waals surface area contributed by atoms with Gasteiger partial charge in [-0.05, 0) is 19.4 Å². The van der Waals surface area contributed by atoms with Gasteiger partial charge in [0, 0.05) is 19.2 Å². The van der Waals surface area contributed by atoms with Crippen LogP contribution < -0.4 is 5.32 Å². The quantitative estimate of drug-likeness (QED) is 0.428. The molecule has 1 aromatic rings. The molecule has 0 aliphatic heterocycles. The summed E-state index contributed by atoms with van der Waals surface area (Å²) in [7, 11) is 0. The first kappa shape index (κ1) is 16.1. The molecule has 0 aliphatic carbocycles. The van der Waals surface area contributed by atoms with Gasteiger partial charge in [-0.25, -0.2) is 4.79 Å². The van der Waals surface area contributed by atoms with E-state index in [1.807, 2.05) is 13.8 Å². The van der Waals surface area contributed by atoms with Crippen molar-refractivity contribution in [1.82, 2.24) is 5.32 Å². The van der Waals surface area contributed by atoms with Crippen LogP contribution in [-0.4, -0.2) is 35.3 Å². The van der Waals surface area contributed by atoms with Crippen LogP contribution >= 0.6 is 0 Å². The number of nitro groups is 1. The summed E-state index contributed by atoms with van der Waals surface area (Å²) < 4.78 is 5.33. The highest BCUT2D eigenvalue weighted by molar-refractivity contribution is 5.94. The molecule has 0 saturated carbocycles. The van der Waals surface area contributed by atoms with E-state index in [2.05, 4.69) is 5.32 Å². The van der Waals surface area contributed by atoms with Crippen LogP contribution in [0.4, 0.5) is 5.69 Å². The first-order chi connectivity index (χ1) is 9.43. The smallest absolute Gasteiger partial charge is 0.343 e. The fourth-order valence-electron chi connectivity index (χ4n) is 1.72. The highest BCUT2D eigenvalue weighted by Gasteiger charge is 2.22. The summed E-state index contributed by atoms with van der Waals surface area (Å²) in [5.41, 5.74) is -0.277. The topological polar surface area (TPSA) is 102 Å². The van der Waals surface area contributed by atoms with Crippen LogP contribution in [0.5, 0.6) is 0 Å². The van der Waals surface area contributed by atoms with E-state index in [9.17, 15) is 14.9 Å². The summed E-state index contributed by atoms with van der Waals surface area (Å²) in [6.45, 7) is 5.12. The molecule has 20 heavy (non-hydrogen) atoms. The van der Waals surface area contributed by atoms with Crippen LogP contribution in [-0.2, 0) is 11.3 Å². The number of hydrogen-bond donors (Lipinski definition) is 2. The van der Waals surface area contributed by atoms with Gasteiger partial charge in [-0.15, -0.1) is 0 Å². The highest BCUT2D eigenvalue weighted by Crippen LogP contribution is 2.22. The van der Waals surface area contributed by atoms with Crippen LogP contribution in [0.25, 0.3) is 0 Å². The van der Waals surface area contributed by atoms with Crippen molar-refractivity contribution < 1.29 is 19.6 Å². The van der Waals surface area contributed by atoms with Crippen molar-refractivity contribution in [2.45, 2.75) is 26.5 Å². The van der Waals surface area contributed by atoms with Crippen LogP contribution in [0, 0.1) is 10.1 Å². The third-order valence-electron chi connectivity index (χ3n) is 2.58. The van der Waals surface area contributed by atoms with Gasteiger partial charge < -0.3 is 15.2 Å². The second kappa shape index (κ2) is 7.56. The van der Waals surface area contributed by atoms with E-state index >= 15 is 0 Å². The van der Waals surface area contributed by atoms with Crippen molar-refractivity contribution in [3.63, 3.8) is 0 Å². The Bertz CT molecular complexity index is 488. The summed E-state index contributed by atoms with van der Waals surface area (Å²) in [5.74, 6) is -1.30. The molecule has 110 valence electrons. The summed E-state index contributed by atoms with van der Waals surface area (Å²) >= 11 is 0. The monoisotopic (exact) mass is 282 g/mol. The third kappa shape index (κ3) is 4.60. The Morgan fingerprint density at radius 3 is 2.75 bits per heavy atom. The zero-order chi connectivity index (χ0) is 15.1. The van der Waals surface area contributed by atoms with Gasteiger partial charge in [0.1, 0.15) is 5.56 Å². The minimum Gasteiger partial charge on any atom is -0.477 e. The van der Waals surface area contributed by atoms with Gasteiger partial charge >= 0.3 is 5.97 Å². The highest BCUT2D eigenvalue weighted by atomic mass is 16.6. The number of ether oxygens (including phenoxy) is 1. The minimum atomic E-state index is -1.30. The van der Waals surface area contributed by atoms with E-state index in [1.54, 1.807) is 6.07 Å². The molecule has 1 rings (SSSR count). The van der Waals surface area contributed by atoms with Crippen LogP contribution in [0.3, 0.4) is 0 Å². The average molecular weight is 282 g/mol. The van der Waals surface area contributed by atoms with E-state index in [1.165, 1.54) is 12.1 Å². The van der Waals surface area contributed by atoms with E-state index in [0.717, 1.165) is 0 Å². The largest absolute Gasteiger partial charge is 0.477 e. The molecule has 1 aromatic carbocycles. The van der Waals surface area contributed by atoms with Crippen molar-refractivity contribution in [2.24, 2.45) is 0 Å². The summed E-state index contributed by atoms with van der Waals surface area (Å²) in [6.07, 6.45) is 0.129. The van der Waals surface area contributed by atoms with E-state index in [0.29, 0.717) is 18.7 Å². The fraction of sp³-hybridized carbons (Fsp3) is 0.462. The molecule has 2 N–H and O–H groups in total. The van der Waals surface area contributed by atoms with Crippen molar-refractivity contribution in [3.8, 4) is 0 Å². The average Bonchev–Trinajstić information content (AvgIpc) is 2.37. The minimum absolute atomic E-state index is 0.129. The number of rotatable bonds is 8. The van der Waals surface area contributed by atoms with Crippen molar-refractivity contribution in [3.05, 3.63) is 39.4 Å². The van der Waals surface area contributed by atoms with Gasteiger partial charge in [-0.2, -0.15) is 0 Å². The molecule has 0 saturated heterocycles. The lowest BCUT2D eigenvalue weighted by Gasteiger charge is -2.10. The molecule has 7 nitrogen and oxygen atoms in total. The van der Waals surface area contributed by atoms with Gasteiger partial charge in [0.25, 0.3) is 5.69 Å². The molecule has 0 atom stereocenters. The van der Waals surface area contributed by atoms with Gasteiger partial charge in [0.15, 0.2) is 0 Å². The van der Waals surface area contributed by atoms with Gasteiger partial charge in [0.05, 0.1) is 17.6 Å². The second-order valence-electron chi connectivity index (χ2n) is 4.47. The molecule has 0 bridgehead atoms. The number of carbonyl (C=O) groups is 1. The number of carboxylic acid groups (broad SMARTS) is 1. The SMILES string of the molecule is CC(C)OCCNCc1cccc([N+](=O)[O-])c1C(=O)O. The van der Waals surface area contributed by atoms with Crippen molar-refractivity contribution in [1.29, 1.82) is 0 Å². The molecular weight excluding hydrogens is 264 g/mol. The summed E-state index contributed by atoms with van der Waals surface area (Å²) in [5, 5.41) is 23.0. The number of hydrogen-bond acceptors (Lipinski definition) is 5. The zero-order valence-electron chi connectivity index (χ0n) is 11.5. The Morgan fingerprint density at radius 2 is 2.20 bits per heavy atom. The Morgan fingerprint density at radius 1 is 1.50 bits per heavy atom. The molecule has 0 amide bonds. The normalized spacial score (nSPS) is 10.8. The predicted octanol–water partition coefficient (Wildman–Crippen LogP) is 1.81. The number of carboxylic acids is 1. The van der Waals surface area contributed by atoms with Crippen LogP contribution in [0.15, 0.2) is 18.2 Å². The van der Waals surface area contributed by atoms with Gasteiger partial charge in [-0.1, -0.05) is 12.1 Å². The maximum atomic E-state index is 11.2. The number of nitrogens with one attached hydrogen (secondary N) is 1. The van der Waals surface area contributed by atoms with Crippen LogP contribution in [0.1, 0.15) is 29.8 Å². The van der Waals surface area contributed by atoms with E-state index in [4.69, 9.17) is 9.84 Å². The first-order valence-electron chi connectivity index (χ1n) is 6.25. The Kier molecular flexibility index (Phi) is 6.08. The Labute approximate surface area is 116 Å². The predicted molar refractivity (Wildman–Crippen MR) is 72.9 cm³/mol. The molecule has 0 spiro atoms. The Hall–Kier alpha value is -1.99. The molecule has 0 radical (unpaired) electrons. The maximum Gasteiger partial charge on any atom is 0.343 e. The van der Waals surface area contributed by atoms with Crippen molar-refractivity contribution >= 4 is 11.7 Å². The Balaban J connectivity index is 2.72. The fourth-order valence-corrected chi connectivity index (χ4v) is 1.72. The second-order valence-corrected chi connectivity index (χ2v) is 4.47. The molecular formula is C13H18N2O5. The molecule has 7 heteroatoms. The number of benzene rings is 1. The van der Waals surface area contributed by atoms with Gasteiger partial charge in [0.2, 0.25) is 0 Å². The molecule has 0 fully saturated rings. The number of nitrogens with zero attached hydrogens (tertiary/aromatic N) is 1. The van der Waals surface area contributed by atoms with E-state index < -0.39 is 16.6 Å². The third-order valence-corrected chi connectivity index (χ3v) is 2.58. The molecule has 0 aliphatic rings. The zero-order valence-corrected chi connectivity index (χ0v) is 11.5. The standard InChI is InChI=1S/C13H18N2O5/c1-9(2)20-7-6-14-8-10-4-3-5-11(15(18)19)12(10)13(16)17/h3-5,9,14H,6-8H2,1-2H3,(H,16,17). The summed E-state index contributed by atoms with van der Waals surface area (Å²) in [4.78, 5) is 21.3. The summed E-state index contributed by atoms with van der Waals surface area (Å²) in [6, 6.07) is 4.23. The molecule has 0 unspecified atom stereocenters. The molecule has 0 heterocycles. The van der Waals surface area contributed by atoms with Gasteiger partial charge in [-0.3, -0.25) is 10.1 Å². The lowest BCUT2D eigenvalue weighted by molar-refractivity contribution is -0.385. The first-order valence-corrected chi connectivity index (χ1v) is 6.25. The lowest BCUT2D eigenvalue weighted by atomic mass is 10.1. The lowest BCUT2D eigenvalue weighted by Crippen LogP contribution is -2.22. The van der Waals surface area contributed by atoms with Crippen molar-refractivity contribution in [2.75, 3.05) is 13.2 Å². The molecule has 0 aromatic heterocycles. The van der Waals surface area contributed by atoms with Crippen LogP contribution in [0.2, 0.25) is 0 Å². The van der Waals surface area contributed by atoms with E-state index in [-0.39, 0.29) is 18.2 Å². The number of nitro benzene ring substituents is 1.